The number of rotatable bonds is 3. The van der Waals surface area contributed by atoms with E-state index in [-0.39, 0.29) is 0 Å². The molecule has 0 fully saturated rings. The fraction of sp³-hybridized carbons (Fsp3) is 0.231. The van der Waals surface area contributed by atoms with Gasteiger partial charge in [-0.15, -0.1) is 5.10 Å². The Bertz CT molecular complexity index is 704. The molecule has 3 aromatic rings. The van der Waals surface area contributed by atoms with Crippen molar-refractivity contribution in [1.29, 1.82) is 0 Å². The van der Waals surface area contributed by atoms with E-state index < -0.39 is 0 Å². The standard InChI is InChI=1S/C13H14N6/c1-9-7-10(2)19-13(16-9)17-12(18-19)15-8-11-3-5-14-6-4-11/h3-7H,8H2,1-2H3,(H,15,18). The summed E-state index contributed by atoms with van der Waals surface area (Å²) in [7, 11) is 0. The van der Waals surface area contributed by atoms with Gasteiger partial charge in [-0.05, 0) is 37.6 Å². The lowest BCUT2D eigenvalue weighted by atomic mass is 10.3. The lowest BCUT2D eigenvalue weighted by Crippen LogP contribution is -2.01. The molecule has 0 amide bonds. The highest BCUT2D eigenvalue weighted by Crippen LogP contribution is 2.09. The Balaban J connectivity index is 1.84. The molecule has 0 aromatic carbocycles. The summed E-state index contributed by atoms with van der Waals surface area (Å²) in [6, 6.07) is 5.89. The van der Waals surface area contributed by atoms with Crippen LogP contribution in [-0.4, -0.2) is 24.6 Å². The molecule has 6 nitrogen and oxygen atoms in total. The molecular formula is C13H14N6. The largest absolute Gasteiger partial charge is 0.349 e. The smallest absolute Gasteiger partial charge is 0.254 e. The average Bonchev–Trinajstić information content (AvgIpc) is 2.81. The molecule has 6 heteroatoms. The van der Waals surface area contributed by atoms with Gasteiger partial charge in [0, 0.05) is 30.3 Å². The zero-order valence-electron chi connectivity index (χ0n) is 10.8. The molecule has 3 aromatic heterocycles. The summed E-state index contributed by atoms with van der Waals surface area (Å²) >= 11 is 0. The number of hydrogen-bond donors (Lipinski definition) is 1. The number of nitrogens with one attached hydrogen (secondary N) is 1. The summed E-state index contributed by atoms with van der Waals surface area (Å²) in [5.74, 6) is 1.20. The molecule has 0 aliphatic rings. The normalized spacial score (nSPS) is 10.8. The fourth-order valence-corrected chi connectivity index (χ4v) is 1.92. The number of pyridine rings is 1. The fourth-order valence-electron chi connectivity index (χ4n) is 1.92. The molecule has 3 rings (SSSR count). The quantitative estimate of drug-likeness (QED) is 0.771. The number of fused-ring (bicyclic) bond motifs is 1. The summed E-state index contributed by atoms with van der Waals surface area (Å²) in [5.41, 5.74) is 3.10. The number of aromatic nitrogens is 5. The highest BCUT2D eigenvalue weighted by atomic mass is 15.4. The van der Waals surface area contributed by atoms with E-state index in [1.54, 1.807) is 16.9 Å². The zero-order valence-corrected chi connectivity index (χ0v) is 10.8. The van der Waals surface area contributed by atoms with Crippen molar-refractivity contribution in [3.8, 4) is 0 Å². The predicted octanol–water partition coefficient (Wildman–Crippen LogP) is 1.75. The van der Waals surface area contributed by atoms with Crippen molar-refractivity contribution >= 4 is 11.7 Å². The Morgan fingerprint density at radius 1 is 1.16 bits per heavy atom. The van der Waals surface area contributed by atoms with Gasteiger partial charge in [0.2, 0.25) is 5.95 Å². The number of aryl methyl sites for hydroxylation is 2. The Labute approximate surface area is 110 Å². The first-order valence-electron chi connectivity index (χ1n) is 6.06. The molecule has 1 N–H and O–H groups in total. The second kappa shape index (κ2) is 4.64. The van der Waals surface area contributed by atoms with Crippen LogP contribution in [0.1, 0.15) is 17.0 Å². The van der Waals surface area contributed by atoms with Crippen LogP contribution < -0.4 is 5.32 Å². The van der Waals surface area contributed by atoms with Crippen molar-refractivity contribution in [1.82, 2.24) is 24.6 Å². The van der Waals surface area contributed by atoms with Crippen LogP contribution in [0.3, 0.4) is 0 Å². The maximum atomic E-state index is 4.38. The first kappa shape index (κ1) is 11.6. The summed E-state index contributed by atoms with van der Waals surface area (Å²) in [6.07, 6.45) is 3.53. The lowest BCUT2D eigenvalue weighted by Gasteiger charge is -2.00. The van der Waals surface area contributed by atoms with E-state index in [0.29, 0.717) is 18.3 Å². The minimum atomic E-state index is 0.581. The maximum Gasteiger partial charge on any atom is 0.254 e. The molecule has 0 bridgehead atoms. The van der Waals surface area contributed by atoms with Crippen LogP contribution >= 0.6 is 0 Å². The highest BCUT2D eigenvalue weighted by molar-refractivity contribution is 5.39. The second-order valence-electron chi connectivity index (χ2n) is 4.40. The average molecular weight is 254 g/mol. The van der Waals surface area contributed by atoms with Gasteiger partial charge in [0.25, 0.3) is 5.78 Å². The van der Waals surface area contributed by atoms with Crippen LogP contribution in [0.5, 0.6) is 0 Å². The molecule has 3 heterocycles. The molecule has 19 heavy (non-hydrogen) atoms. The molecule has 0 aliphatic carbocycles. The van der Waals surface area contributed by atoms with Crippen LogP contribution in [0.15, 0.2) is 30.6 Å². The Kier molecular flexibility index (Phi) is 2.83. The van der Waals surface area contributed by atoms with Crippen molar-refractivity contribution in [3.63, 3.8) is 0 Å². The van der Waals surface area contributed by atoms with Gasteiger partial charge in [-0.25, -0.2) is 4.98 Å². The van der Waals surface area contributed by atoms with Gasteiger partial charge in [0.05, 0.1) is 0 Å². The Hall–Kier alpha value is -2.50. The molecule has 0 unspecified atom stereocenters. The van der Waals surface area contributed by atoms with Gasteiger partial charge < -0.3 is 5.32 Å². The summed E-state index contributed by atoms with van der Waals surface area (Å²) in [4.78, 5) is 12.7. The molecule has 0 atom stereocenters. The van der Waals surface area contributed by atoms with Crippen LogP contribution in [-0.2, 0) is 6.54 Å². The lowest BCUT2D eigenvalue weighted by molar-refractivity contribution is 0.882. The van der Waals surface area contributed by atoms with Crippen LogP contribution in [0.25, 0.3) is 5.78 Å². The first-order valence-corrected chi connectivity index (χ1v) is 6.06. The van der Waals surface area contributed by atoms with Gasteiger partial charge in [-0.1, -0.05) is 0 Å². The van der Waals surface area contributed by atoms with Crippen LogP contribution in [0.4, 0.5) is 5.95 Å². The summed E-state index contributed by atoms with van der Waals surface area (Å²) in [5, 5.41) is 7.57. The van der Waals surface area contributed by atoms with Gasteiger partial charge >= 0.3 is 0 Å². The van der Waals surface area contributed by atoms with E-state index in [1.807, 2.05) is 32.0 Å². The number of nitrogens with zero attached hydrogens (tertiary/aromatic N) is 5. The summed E-state index contributed by atoms with van der Waals surface area (Å²) in [6.45, 7) is 4.60. The molecule has 0 saturated carbocycles. The number of hydrogen-bond acceptors (Lipinski definition) is 5. The monoisotopic (exact) mass is 254 g/mol. The summed E-state index contributed by atoms with van der Waals surface area (Å²) < 4.78 is 1.74. The van der Waals surface area contributed by atoms with Crippen molar-refractivity contribution in [3.05, 3.63) is 47.5 Å². The topological polar surface area (TPSA) is 68.0 Å². The van der Waals surface area contributed by atoms with E-state index >= 15 is 0 Å². The van der Waals surface area contributed by atoms with E-state index in [0.717, 1.165) is 17.0 Å². The third-order valence-electron chi connectivity index (χ3n) is 2.82. The van der Waals surface area contributed by atoms with Crippen molar-refractivity contribution in [2.75, 3.05) is 5.32 Å². The second-order valence-corrected chi connectivity index (χ2v) is 4.40. The van der Waals surface area contributed by atoms with E-state index in [1.165, 1.54) is 0 Å². The Morgan fingerprint density at radius 2 is 1.95 bits per heavy atom. The predicted molar refractivity (Wildman–Crippen MR) is 71.8 cm³/mol. The van der Waals surface area contributed by atoms with Gasteiger partial charge in [-0.3, -0.25) is 4.98 Å². The van der Waals surface area contributed by atoms with E-state index in [4.69, 9.17) is 0 Å². The third kappa shape index (κ3) is 2.37. The maximum absolute atomic E-state index is 4.38. The Morgan fingerprint density at radius 3 is 2.74 bits per heavy atom. The molecule has 0 saturated heterocycles. The van der Waals surface area contributed by atoms with Crippen LogP contribution in [0, 0.1) is 13.8 Å². The van der Waals surface area contributed by atoms with Gasteiger partial charge in [0.1, 0.15) is 0 Å². The molecule has 0 radical (unpaired) electrons. The van der Waals surface area contributed by atoms with Gasteiger partial charge in [-0.2, -0.15) is 9.50 Å². The van der Waals surface area contributed by atoms with E-state index in [2.05, 4.69) is 25.4 Å². The first-order chi connectivity index (χ1) is 9.22. The molecular weight excluding hydrogens is 240 g/mol. The van der Waals surface area contributed by atoms with Crippen LogP contribution in [0.2, 0.25) is 0 Å². The minimum Gasteiger partial charge on any atom is -0.349 e. The van der Waals surface area contributed by atoms with Crippen molar-refractivity contribution in [2.45, 2.75) is 20.4 Å². The molecule has 96 valence electrons. The zero-order chi connectivity index (χ0) is 13.2. The third-order valence-corrected chi connectivity index (χ3v) is 2.82. The van der Waals surface area contributed by atoms with Crippen molar-refractivity contribution in [2.24, 2.45) is 0 Å². The number of anilines is 1. The van der Waals surface area contributed by atoms with Crippen molar-refractivity contribution < 1.29 is 0 Å². The SMILES string of the molecule is Cc1cc(C)n2nc(NCc3ccncc3)nc2n1. The molecule has 0 spiro atoms. The minimum absolute atomic E-state index is 0.581. The van der Waals surface area contributed by atoms with E-state index in [9.17, 15) is 0 Å². The molecule has 0 aliphatic heterocycles. The highest BCUT2D eigenvalue weighted by Gasteiger charge is 2.06. The van der Waals surface area contributed by atoms with Gasteiger partial charge in [0.15, 0.2) is 0 Å².